The van der Waals surface area contributed by atoms with Gasteiger partial charge in [-0.15, -0.1) is 0 Å². The third-order valence-corrected chi connectivity index (χ3v) is 5.60. The van der Waals surface area contributed by atoms with Gasteiger partial charge in [0.1, 0.15) is 16.7 Å². The molecule has 10 heteroatoms. The quantitative estimate of drug-likeness (QED) is 0.653. The molecule has 27 heavy (non-hydrogen) atoms. The maximum absolute atomic E-state index is 13.1. The zero-order valence-electron chi connectivity index (χ0n) is 14.2. The van der Waals surface area contributed by atoms with E-state index in [2.05, 4.69) is 15.3 Å². The van der Waals surface area contributed by atoms with Gasteiger partial charge in [-0.25, -0.2) is 22.2 Å². The number of nitrogens with one attached hydrogen (secondary N) is 1. The number of halogens is 1. The molecule has 0 unspecified atom stereocenters. The molecule has 0 bridgehead atoms. The molecule has 1 N–H and O–H groups in total. The molecule has 0 saturated heterocycles. The second-order valence-corrected chi connectivity index (χ2v) is 7.56. The molecule has 0 atom stereocenters. The average molecular weight is 407 g/mol. The average Bonchev–Trinajstić information content (AvgIpc) is 3.12. The van der Waals surface area contributed by atoms with Crippen LogP contribution in [0.3, 0.4) is 0 Å². The second kappa shape index (κ2) is 7.77. The number of hydrogen-bond donors (Lipinski definition) is 1. The van der Waals surface area contributed by atoms with Crippen molar-refractivity contribution in [1.82, 2.24) is 19.3 Å². The van der Waals surface area contributed by atoms with E-state index in [9.17, 15) is 13.2 Å². The lowest BCUT2D eigenvalue weighted by Crippen LogP contribution is -2.18. The molecule has 3 aromatic rings. The van der Waals surface area contributed by atoms with Crippen molar-refractivity contribution in [3.63, 3.8) is 0 Å². The number of carbonyl (C=O) groups is 1. The van der Waals surface area contributed by atoms with Gasteiger partial charge < -0.3 is 10.1 Å². The van der Waals surface area contributed by atoms with Crippen LogP contribution in [0.2, 0.25) is 5.15 Å². The van der Waals surface area contributed by atoms with Crippen molar-refractivity contribution in [2.75, 3.05) is 7.05 Å². The second-order valence-electron chi connectivity index (χ2n) is 5.39. The van der Waals surface area contributed by atoms with Crippen LogP contribution in [0.1, 0.15) is 5.56 Å². The topological polar surface area (TPSA) is 103 Å². The van der Waals surface area contributed by atoms with Crippen LogP contribution in [0.4, 0.5) is 4.79 Å². The summed E-state index contributed by atoms with van der Waals surface area (Å²) in [5.41, 5.74) is 1.20. The van der Waals surface area contributed by atoms with Gasteiger partial charge >= 0.3 is 6.09 Å². The van der Waals surface area contributed by atoms with Gasteiger partial charge in [-0.2, -0.15) is 0 Å². The largest absolute Gasteiger partial charge is 0.445 e. The molecule has 0 aromatic carbocycles. The van der Waals surface area contributed by atoms with E-state index in [1.165, 1.54) is 44.0 Å². The standard InChI is InChI=1S/C17H15ClN4O4S/c1-19-17(23)26-11-12-8-15(14-5-3-7-21-16(14)18)22(10-12)27(24,25)13-4-2-6-20-9-13/h2-10H,11H2,1H3,(H,19,23). The Morgan fingerprint density at radius 1 is 1.30 bits per heavy atom. The number of alkyl carbamates (subject to hydrolysis) is 1. The van der Waals surface area contributed by atoms with Crippen molar-refractivity contribution in [3.8, 4) is 11.3 Å². The van der Waals surface area contributed by atoms with E-state index in [4.69, 9.17) is 16.3 Å². The lowest BCUT2D eigenvalue weighted by Gasteiger charge is -2.11. The minimum absolute atomic E-state index is 0.0145. The van der Waals surface area contributed by atoms with Gasteiger partial charge in [-0.3, -0.25) is 4.98 Å². The van der Waals surface area contributed by atoms with E-state index in [0.29, 0.717) is 16.8 Å². The number of nitrogens with zero attached hydrogens (tertiary/aromatic N) is 3. The van der Waals surface area contributed by atoms with E-state index in [1.54, 1.807) is 18.2 Å². The first-order valence-corrected chi connectivity index (χ1v) is 9.57. The molecule has 0 aliphatic carbocycles. The number of amides is 1. The maximum atomic E-state index is 13.1. The van der Waals surface area contributed by atoms with Crippen molar-refractivity contribution in [1.29, 1.82) is 0 Å². The molecule has 3 rings (SSSR count). The summed E-state index contributed by atoms with van der Waals surface area (Å²) in [6.45, 7) is -0.111. The van der Waals surface area contributed by atoms with Crippen LogP contribution < -0.4 is 5.32 Å². The van der Waals surface area contributed by atoms with Crippen molar-refractivity contribution in [2.45, 2.75) is 11.5 Å². The Balaban J connectivity index is 2.12. The predicted octanol–water partition coefficient (Wildman–Crippen LogP) is 2.69. The number of pyridine rings is 2. The van der Waals surface area contributed by atoms with Gasteiger partial charge in [0.2, 0.25) is 0 Å². The fourth-order valence-corrected chi connectivity index (χ4v) is 3.95. The van der Waals surface area contributed by atoms with Crippen molar-refractivity contribution in [2.24, 2.45) is 0 Å². The smallest absolute Gasteiger partial charge is 0.407 e. The molecular formula is C17H15ClN4O4S. The fourth-order valence-electron chi connectivity index (χ4n) is 2.38. The third-order valence-electron chi connectivity index (χ3n) is 3.64. The zero-order chi connectivity index (χ0) is 19.4. The normalized spacial score (nSPS) is 11.2. The zero-order valence-corrected chi connectivity index (χ0v) is 15.7. The molecule has 0 aliphatic rings. The minimum atomic E-state index is -3.95. The predicted molar refractivity (Wildman–Crippen MR) is 98.7 cm³/mol. The number of aromatic nitrogens is 3. The fraction of sp³-hybridized carbons (Fsp3) is 0.118. The Labute approximate surface area is 160 Å². The summed E-state index contributed by atoms with van der Waals surface area (Å²) in [7, 11) is -2.51. The summed E-state index contributed by atoms with van der Waals surface area (Å²) in [4.78, 5) is 19.2. The number of rotatable bonds is 5. The summed E-state index contributed by atoms with van der Waals surface area (Å²) >= 11 is 6.16. The van der Waals surface area contributed by atoms with Crippen molar-refractivity contribution < 1.29 is 17.9 Å². The Hall–Kier alpha value is -2.91. The molecule has 0 saturated carbocycles. The first-order valence-electron chi connectivity index (χ1n) is 7.75. The summed E-state index contributed by atoms with van der Waals surface area (Å²) in [5.74, 6) is 0. The highest BCUT2D eigenvalue weighted by molar-refractivity contribution is 7.90. The lowest BCUT2D eigenvalue weighted by molar-refractivity contribution is 0.142. The highest BCUT2D eigenvalue weighted by Crippen LogP contribution is 2.31. The highest BCUT2D eigenvalue weighted by Gasteiger charge is 2.23. The van der Waals surface area contributed by atoms with Crippen LogP contribution in [-0.4, -0.2) is 35.5 Å². The Kier molecular flexibility index (Phi) is 5.43. The van der Waals surface area contributed by atoms with E-state index < -0.39 is 16.1 Å². The van der Waals surface area contributed by atoms with Crippen LogP contribution in [0, 0.1) is 0 Å². The molecule has 1 amide bonds. The van der Waals surface area contributed by atoms with E-state index in [1.807, 2.05) is 0 Å². The minimum Gasteiger partial charge on any atom is -0.445 e. The highest BCUT2D eigenvalue weighted by atomic mass is 35.5. The van der Waals surface area contributed by atoms with E-state index in [-0.39, 0.29) is 16.7 Å². The van der Waals surface area contributed by atoms with Gasteiger partial charge in [0.05, 0.1) is 5.69 Å². The van der Waals surface area contributed by atoms with Crippen molar-refractivity contribution in [3.05, 3.63) is 65.8 Å². The maximum Gasteiger partial charge on any atom is 0.407 e. The summed E-state index contributed by atoms with van der Waals surface area (Å²) in [6, 6.07) is 7.86. The SMILES string of the molecule is CNC(=O)OCc1cc(-c2cccnc2Cl)n(S(=O)(=O)c2cccnc2)c1. The van der Waals surface area contributed by atoms with E-state index in [0.717, 1.165) is 3.97 Å². The number of ether oxygens (including phenoxy) is 1. The Morgan fingerprint density at radius 2 is 2.07 bits per heavy atom. The van der Waals surface area contributed by atoms with Crippen LogP contribution in [0.5, 0.6) is 0 Å². The van der Waals surface area contributed by atoms with Gasteiger partial charge in [-0.05, 0) is 30.3 Å². The summed E-state index contributed by atoms with van der Waals surface area (Å²) in [6.07, 6.45) is 4.99. The van der Waals surface area contributed by atoms with E-state index >= 15 is 0 Å². The third kappa shape index (κ3) is 3.93. The van der Waals surface area contributed by atoms with Gasteiger partial charge in [0, 0.05) is 43.0 Å². The molecule has 3 aromatic heterocycles. The van der Waals surface area contributed by atoms with Gasteiger partial charge in [-0.1, -0.05) is 11.6 Å². The van der Waals surface area contributed by atoms with Gasteiger partial charge in [0.15, 0.2) is 0 Å². The summed E-state index contributed by atoms with van der Waals surface area (Å²) in [5, 5.41) is 2.48. The molecule has 0 fully saturated rings. The molecule has 3 heterocycles. The Bertz CT molecular complexity index is 1070. The molecule has 8 nitrogen and oxygen atoms in total. The molecular weight excluding hydrogens is 392 g/mol. The number of carbonyl (C=O) groups excluding carboxylic acids is 1. The molecule has 0 radical (unpaired) electrons. The van der Waals surface area contributed by atoms with Crippen LogP contribution in [0.25, 0.3) is 11.3 Å². The first-order chi connectivity index (χ1) is 12.9. The van der Waals surface area contributed by atoms with Crippen LogP contribution >= 0.6 is 11.6 Å². The Morgan fingerprint density at radius 3 is 2.74 bits per heavy atom. The first kappa shape index (κ1) is 18.9. The number of hydrogen-bond acceptors (Lipinski definition) is 6. The van der Waals surface area contributed by atoms with Crippen LogP contribution in [0.15, 0.2) is 60.0 Å². The van der Waals surface area contributed by atoms with Gasteiger partial charge in [0.25, 0.3) is 10.0 Å². The molecule has 140 valence electrons. The molecule has 0 aliphatic heterocycles. The summed E-state index contributed by atoms with van der Waals surface area (Å²) < 4.78 is 32.3. The van der Waals surface area contributed by atoms with Crippen LogP contribution in [-0.2, 0) is 21.4 Å². The molecule has 0 spiro atoms. The lowest BCUT2D eigenvalue weighted by atomic mass is 10.2. The van der Waals surface area contributed by atoms with Crippen molar-refractivity contribution >= 4 is 27.7 Å². The monoisotopic (exact) mass is 406 g/mol.